The van der Waals surface area contributed by atoms with Gasteiger partial charge in [0.2, 0.25) is 0 Å². The molecule has 0 aromatic heterocycles. The van der Waals surface area contributed by atoms with E-state index in [9.17, 15) is 5.11 Å². The van der Waals surface area contributed by atoms with Crippen LogP contribution >= 0.6 is 0 Å². The van der Waals surface area contributed by atoms with Crippen LogP contribution < -0.4 is 0 Å². The summed E-state index contributed by atoms with van der Waals surface area (Å²) in [4.78, 5) is 2.08. The Bertz CT molecular complexity index is 475. The molecule has 1 aromatic carbocycles. The minimum absolute atomic E-state index is 0.193. The highest BCUT2D eigenvalue weighted by Gasteiger charge is 2.26. The molecule has 0 radical (unpaired) electrons. The van der Waals surface area contributed by atoms with Crippen molar-refractivity contribution in [3.8, 4) is 6.07 Å². The summed E-state index contributed by atoms with van der Waals surface area (Å²) in [5.41, 5.74) is 1.96. The molecule has 2 atom stereocenters. The summed E-state index contributed by atoms with van der Waals surface area (Å²) in [6.45, 7) is 0.795. The fraction of sp³-hybridized carbons (Fsp3) is 0.438. The zero-order valence-corrected chi connectivity index (χ0v) is 11.3. The van der Waals surface area contributed by atoms with Crippen molar-refractivity contribution < 1.29 is 5.11 Å². The lowest BCUT2D eigenvalue weighted by Crippen LogP contribution is -2.28. The number of rotatable bonds is 4. The molecule has 2 unspecified atom stereocenters. The van der Waals surface area contributed by atoms with Gasteiger partial charge in [-0.3, -0.25) is 0 Å². The van der Waals surface area contributed by atoms with E-state index in [1.165, 1.54) is 0 Å². The lowest BCUT2D eigenvalue weighted by molar-refractivity contribution is 0.120. The van der Waals surface area contributed by atoms with Crippen molar-refractivity contribution in [1.82, 2.24) is 4.90 Å². The SMILES string of the molecule is CN(CC1CCCC1O)/C(=C/C#N)c1ccccc1. The van der Waals surface area contributed by atoms with E-state index in [2.05, 4.69) is 11.0 Å². The van der Waals surface area contributed by atoms with Crippen LogP contribution in [0.2, 0.25) is 0 Å². The van der Waals surface area contributed by atoms with Gasteiger partial charge >= 0.3 is 0 Å². The van der Waals surface area contributed by atoms with Crippen molar-refractivity contribution in [2.45, 2.75) is 25.4 Å². The third-order valence-electron chi connectivity index (χ3n) is 3.81. The largest absolute Gasteiger partial charge is 0.393 e. The maximum atomic E-state index is 9.91. The zero-order chi connectivity index (χ0) is 13.7. The summed E-state index contributed by atoms with van der Waals surface area (Å²) in [6.07, 6.45) is 4.46. The van der Waals surface area contributed by atoms with Crippen molar-refractivity contribution in [2.75, 3.05) is 13.6 Å². The molecule has 1 saturated carbocycles. The molecule has 1 aromatic rings. The first-order valence-corrected chi connectivity index (χ1v) is 6.76. The Balaban J connectivity index is 2.12. The molecule has 19 heavy (non-hydrogen) atoms. The van der Waals surface area contributed by atoms with E-state index in [4.69, 9.17) is 5.26 Å². The lowest BCUT2D eigenvalue weighted by atomic mass is 10.0. The average molecular weight is 256 g/mol. The molecule has 0 aliphatic heterocycles. The fourth-order valence-electron chi connectivity index (χ4n) is 2.76. The molecule has 1 fully saturated rings. The van der Waals surface area contributed by atoms with Gasteiger partial charge in [0.25, 0.3) is 0 Å². The van der Waals surface area contributed by atoms with Gasteiger partial charge < -0.3 is 10.0 Å². The number of allylic oxidation sites excluding steroid dienone is 1. The van der Waals surface area contributed by atoms with Crippen LogP contribution in [0.15, 0.2) is 36.4 Å². The van der Waals surface area contributed by atoms with Crippen molar-refractivity contribution >= 4 is 5.70 Å². The van der Waals surface area contributed by atoms with Crippen LogP contribution in [0, 0.1) is 17.2 Å². The summed E-state index contributed by atoms with van der Waals surface area (Å²) in [5, 5.41) is 18.9. The van der Waals surface area contributed by atoms with Gasteiger partial charge in [-0.05, 0) is 18.4 Å². The normalized spacial score (nSPS) is 23.1. The predicted octanol–water partition coefficient (Wildman–Crippen LogP) is 2.64. The van der Waals surface area contributed by atoms with Crippen LogP contribution in [-0.2, 0) is 0 Å². The molecule has 1 aliphatic carbocycles. The summed E-state index contributed by atoms with van der Waals surface area (Å²) < 4.78 is 0. The first kappa shape index (κ1) is 13.6. The second-order valence-corrected chi connectivity index (χ2v) is 5.16. The summed E-state index contributed by atoms with van der Waals surface area (Å²) in [5.74, 6) is 0.316. The van der Waals surface area contributed by atoms with Crippen molar-refractivity contribution in [3.63, 3.8) is 0 Å². The van der Waals surface area contributed by atoms with Crippen molar-refractivity contribution in [3.05, 3.63) is 42.0 Å². The molecule has 3 nitrogen and oxygen atoms in total. The highest BCUT2D eigenvalue weighted by molar-refractivity contribution is 5.65. The maximum Gasteiger partial charge on any atom is 0.0933 e. The number of nitriles is 1. The number of benzene rings is 1. The molecule has 2 rings (SSSR count). The smallest absolute Gasteiger partial charge is 0.0933 e. The van der Waals surface area contributed by atoms with Gasteiger partial charge in [0.15, 0.2) is 0 Å². The number of aliphatic hydroxyl groups is 1. The molecular weight excluding hydrogens is 236 g/mol. The minimum atomic E-state index is -0.193. The highest BCUT2D eigenvalue weighted by Crippen LogP contribution is 2.28. The summed E-state index contributed by atoms with van der Waals surface area (Å²) in [6, 6.07) is 12.0. The average Bonchev–Trinajstić information content (AvgIpc) is 2.82. The molecule has 100 valence electrons. The second-order valence-electron chi connectivity index (χ2n) is 5.16. The number of nitrogens with zero attached hydrogens (tertiary/aromatic N) is 2. The quantitative estimate of drug-likeness (QED) is 0.842. The van der Waals surface area contributed by atoms with Gasteiger partial charge in [-0.1, -0.05) is 36.8 Å². The monoisotopic (exact) mass is 256 g/mol. The van der Waals surface area contributed by atoms with Gasteiger partial charge in [0, 0.05) is 25.6 Å². The van der Waals surface area contributed by atoms with Crippen molar-refractivity contribution in [2.24, 2.45) is 5.92 Å². The van der Waals surface area contributed by atoms with Crippen LogP contribution in [0.4, 0.5) is 0 Å². The zero-order valence-electron chi connectivity index (χ0n) is 11.3. The van der Waals surface area contributed by atoms with Crippen LogP contribution in [0.25, 0.3) is 5.70 Å². The Hall–Kier alpha value is -1.79. The fourth-order valence-corrected chi connectivity index (χ4v) is 2.76. The topological polar surface area (TPSA) is 47.3 Å². The van der Waals surface area contributed by atoms with Crippen LogP contribution in [0.5, 0.6) is 0 Å². The van der Waals surface area contributed by atoms with E-state index in [0.717, 1.165) is 37.1 Å². The minimum Gasteiger partial charge on any atom is -0.393 e. The van der Waals surface area contributed by atoms with E-state index in [0.29, 0.717) is 5.92 Å². The first-order valence-electron chi connectivity index (χ1n) is 6.76. The van der Waals surface area contributed by atoms with Crippen LogP contribution in [0.3, 0.4) is 0 Å². The molecule has 0 saturated heterocycles. The summed E-state index contributed by atoms with van der Waals surface area (Å²) >= 11 is 0. The van der Waals surface area contributed by atoms with Gasteiger partial charge in [0.1, 0.15) is 0 Å². The number of aliphatic hydroxyl groups excluding tert-OH is 1. The maximum absolute atomic E-state index is 9.91. The molecule has 1 N–H and O–H groups in total. The third kappa shape index (κ3) is 3.36. The predicted molar refractivity (Wildman–Crippen MR) is 76.0 cm³/mol. The molecule has 0 bridgehead atoms. The molecule has 0 heterocycles. The Labute approximate surface area is 114 Å². The van der Waals surface area contributed by atoms with Gasteiger partial charge in [-0.2, -0.15) is 5.26 Å². The van der Waals surface area contributed by atoms with E-state index < -0.39 is 0 Å². The van der Waals surface area contributed by atoms with Gasteiger partial charge in [0.05, 0.1) is 17.9 Å². The molecular formula is C16H20N2O. The molecule has 0 amide bonds. The second kappa shape index (κ2) is 6.40. The van der Waals surface area contributed by atoms with E-state index in [1.54, 1.807) is 6.08 Å². The lowest BCUT2D eigenvalue weighted by Gasteiger charge is -2.27. The number of hydrogen-bond acceptors (Lipinski definition) is 3. The molecule has 0 spiro atoms. The Kier molecular flexibility index (Phi) is 4.59. The highest BCUT2D eigenvalue weighted by atomic mass is 16.3. The van der Waals surface area contributed by atoms with Gasteiger partial charge in [-0.25, -0.2) is 0 Å². The summed E-state index contributed by atoms with van der Waals surface area (Å²) in [7, 11) is 1.99. The van der Waals surface area contributed by atoms with E-state index in [1.807, 2.05) is 37.4 Å². The Morgan fingerprint density at radius 3 is 2.74 bits per heavy atom. The van der Waals surface area contributed by atoms with E-state index >= 15 is 0 Å². The standard InChI is InChI=1S/C16H20N2O/c1-18(12-14-8-5-9-16(14)19)15(10-11-17)13-6-3-2-4-7-13/h2-4,6-7,10,14,16,19H,5,8-9,12H2,1H3/b15-10+. The molecule has 1 aliphatic rings. The van der Waals surface area contributed by atoms with E-state index in [-0.39, 0.29) is 6.10 Å². The first-order chi connectivity index (χ1) is 9.22. The van der Waals surface area contributed by atoms with Crippen LogP contribution in [0.1, 0.15) is 24.8 Å². The van der Waals surface area contributed by atoms with Crippen molar-refractivity contribution in [1.29, 1.82) is 5.26 Å². The van der Waals surface area contributed by atoms with Gasteiger partial charge in [-0.15, -0.1) is 0 Å². The Morgan fingerprint density at radius 1 is 1.42 bits per heavy atom. The Morgan fingerprint density at radius 2 is 2.16 bits per heavy atom. The van der Waals surface area contributed by atoms with Crippen LogP contribution in [-0.4, -0.2) is 29.7 Å². The molecule has 3 heteroatoms. The number of hydrogen-bond donors (Lipinski definition) is 1. The third-order valence-corrected chi connectivity index (χ3v) is 3.81.